The van der Waals surface area contributed by atoms with E-state index in [9.17, 15) is 4.79 Å². The van der Waals surface area contributed by atoms with E-state index in [1.54, 1.807) is 0 Å². The summed E-state index contributed by atoms with van der Waals surface area (Å²) in [5, 5.41) is 6.52. The van der Waals surface area contributed by atoms with Crippen molar-refractivity contribution in [3.8, 4) is 0 Å². The third kappa shape index (κ3) is 2.12. The fraction of sp³-hybridized carbons (Fsp3) is 0.462. The Morgan fingerprint density at radius 2 is 2.06 bits per heavy atom. The van der Waals surface area contributed by atoms with Crippen molar-refractivity contribution in [3.05, 3.63) is 22.7 Å². The molecule has 0 saturated carbocycles. The number of carbonyl (C=O) groups excluding carboxylic acids is 1. The van der Waals surface area contributed by atoms with Gasteiger partial charge >= 0.3 is 0 Å². The topological polar surface area (TPSA) is 44.4 Å². The van der Waals surface area contributed by atoms with Crippen molar-refractivity contribution in [2.24, 2.45) is 0 Å². The molecule has 1 saturated heterocycles. The van der Waals surface area contributed by atoms with Gasteiger partial charge in [0.2, 0.25) is 5.91 Å². The summed E-state index contributed by atoms with van der Waals surface area (Å²) >= 11 is 3.48. The van der Waals surface area contributed by atoms with Gasteiger partial charge in [0.05, 0.1) is 17.9 Å². The first-order valence-corrected chi connectivity index (χ1v) is 7.11. The average Bonchev–Trinajstić information content (AvgIpc) is 2.39. The minimum Gasteiger partial charge on any atom is -0.374 e. The predicted octanol–water partition coefficient (Wildman–Crippen LogP) is 1.96. The highest BCUT2D eigenvalue weighted by Crippen LogP contribution is 2.35. The van der Waals surface area contributed by atoms with E-state index in [0.717, 1.165) is 41.8 Å². The number of nitrogens with one attached hydrogen (secondary N) is 2. The Morgan fingerprint density at radius 3 is 2.83 bits per heavy atom. The predicted molar refractivity (Wildman–Crippen MR) is 76.0 cm³/mol. The zero-order valence-corrected chi connectivity index (χ0v) is 11.7. The van der Waals surface area contributed by atoms with Crippen LogP contribution in [0.1, 0.15) is 12.8 Å². The van der Waals surface area contributed by atoms with E-state index in [2.05, 4.69) is 26.6 Å². The standard InChI is InChI=1S/C13H16BrN3O/c14-9-1-2-11-12(7-9)17(13(18)8-16-11)10-3-5-15-6-4-10/h1-2,7,10,15-16H,3-6,8H2. The van der Waals surface area contributed by atoms with Crippen LogP contribution < -0.4 is 15.5 Å². The zero-order chi connectivity index (χ0) is 12.5. The molecular weight excluding hydrogens is 294 g/mol. The molecule has 3 rings (SSSR count). The second-order valence-electron chi connectivity index (χ2n) is 4.76. The van der Waals surface area contributed by atoms with Crippen LogP contribution >= 0.6 is 15.9 Å². The van der Waals surface area contributed by atoms with Crippen LogP contribution in [0.2, 0.25) is 0 Å². The van der Waals surface area contributed by atoms with Gasteiger partial charge in [0.1, 0.15) is 0 Å². The summed E-state index contributed by atoms with van der Waals surface area (Å²) in [4.78, 5) is 14.2. The number of fused-ring (bicyclic) bond motifs is 1. The fourth-order valence-corrected chi connectivity index (χ4v) is 3.06. The minimum absolute atomic E-state index is 0.174. The first-order chi connectivity index (χ1) is 8.75. The van der Waals surface area contributed by atoms with E-state index < -0.39 is 0 Å². The average molecular weight is 310 g/mol. The second-order valence-corrected chi connectivity index (χ2v) is 5.68. The van der Waals surface area contributed by atoms with Gasteiger partial charge in [-0.05, 0) is 44.1 Å². The van der Waals surface area contributed by atoms with Crippen molar-refractivity contribution in [1.29, 1.82) is 0 Å². The molecule has 0 radical (unpaired) electrons. The van der Waals surface area contributed by atoms with E-state index >= 15 is 0 Å². The molecule has 96 valence electrons. The highest BCUT2D eigenvalue weighted by atomic mass is 79.9. The van der Waals surface area contributed by atoms with Gasteiger partial charge < -0.3 is 15.5 Å². The molecule has 2 heterocycles. The van der Waals surface area contributed by atoms with Gasteiger partial charge in [-0.2, -0.15) is 0 Å². The number of halogens is 1. The van der Waals surface area contributed by atoms with E-state index in [4.69, 9.17) is 0 Å². The van der Waals surface area contributed by atoms with Gasteiger partial charge in [-0.15, -0.1) is 0 Å². The van der Waals surface area contributed by atoms with Crippen LogP contribution in [0, 0.1) is 0 Å². The first kappa shape index (κ1) is 12.0. The van der Waals surface area contributed by atoms with E-state index in [-0.39, 0.29) is 5.91 Å². The molecule has 0 atom stereocenters. The Kier molecular flexibility index (Phi) is 3.26. The quantitative estimate of drug-likeness (QED) is 0.833. The number of hydrogen-bond acceptors (Lipinski definition) is 3. The molecule has 5 heteroatoms. The van der Waals surface area contributed by atoms with Crippen molar-refractivity contribution in [3.63, 3.8) is 0 Å². The molecule has 2 aliphatic rings. The van der Waals surface area contributed by atoms with Crippen LogP contribution in [0.15, 0.2) is 22.7 Å². The van der Waals surface area contributed by atoms with Gasteiger partial charge in [0.15, 0.2) is 0 Å². The van der Waals surface area contributed by atoms with Gasteiger partial charge in [-0.1, -0.05) is 15.9 Å². The summed E-state index contributed by atoms with van der Waals surface area (Å²) in [5.41, 5.74) is 2.06. The molecule has 0 spiro atoms. The van der Waals surface area contributed by atoms with Crippen LogP contribution in [-0.4, -0.2) is 31.6 Å². The van der Waals surface area contributed by atoms with Crippen LogP contribution in [0.25, 0.3) is 0 Å². The highest BCUT2D eigenvalue weighted by molar-refractivity contribution is 9.10. The second kappa shape index (κ2) is 4.90. The SMILES string of the molecule is O=C1CNc2ccc(Br)cc2N1C1CCNCC1. The number of nitrogens with zero attached hydrogens (tertiary/aromatic N) is 1. The Balaban J connectivity index is 1.97. The number of rotatable bonds is 1. The lowest BCUT2D eigenvalue weighted by Gasteiger charge is -2.38. The molecule has 1 fully saturated rings. The molecule has 0 unspecified atom stereocenters. The number of anilines is 2. The maximum Gasteiger partial charge on any atom is 0.246 e. The lowest BCUT2D eigenvalue weighted by atomic mass is 10.0. The fourth-order valence-electron chi connectivity index (χ4n) is 2.71. The number of carbonyl (C=O) groups is 1. The molecule has 18 heavy (non-hydrogen) atoms. The smallest absolute Gasteiger partial charge is 0.246 e. The number of hydrogen-bond donors (Lipinski definition) is 2. The Bertz CT molecular complexity index is 471. The molecule has 4 nitrogen and oxygen atoms in total. The van der Waals surface area contributed by atoms with Gasteiger partial charge in [-0.25, -0.2) is 0 Å². The van der Waals surface area contributed by atoms with Gasteiger partial charge in [0.25, 0.3) is 0 Å². The largest absolute Gasteiger partial charge is 0.374 e. The van der Waals surface area contributed by atoms with Crippen molar-refractivity contribution >= 4 is 33.2 Å². The number of benzene rings is 1. The summed E-state index contributed by atoms with van der Waals surface area (Å²) in [7, 11) is 0. The summed E-state index contributed by atoms with van der Waals surface area (Å²) in [6.07, 6.45) is 2.05. The summed E-state index contributed by atoms with van der Waals surface area (Å²) in [6.45, 7) is 2.38. The molecule has 0 aromatic heterocycles. The Morgan fingerprint density at radius 1 is 1.28 bits per heavy atom. The van der Waals surface area contributed by atoms with Crippen LogP contribution in [0.5, 0.6) is 0 Å². The number of piperidine rings is 1. The molecule has 1 aromatic carbocycles. The maximum atomic E-state index is 12.2. The zero-order valence-electron chi connectivity index (χ0n) is 10.1. The first-order valence-electron chi connectivity index (χ1n) is 6.32. The van der Waals surface area contributed by atoms with Crippen molar-refractivity contribution in [2.45, 2.75) is 18.9 Å². The van der Waals surface area contributed by atoms with Crippen molar-refractivity contribution in [2.75, 3.05) is 29.9 Å². The van der Waals surface area contributed by atoms with E-state index in [0.29, 0.717) is 12.6 Å². The summed E-state index contributed by atoms with van der Waals surface area (Å²) < 4.78 is 1.01. The minimum atomic E-state index is 0.174. The highest BCUT2D eigenvalue weighted by Gasteiger charge is 2.31. The monoisotopic (exact) mass is 309 g/mol. The molecule has 0 aliphatic carbocycles. The van der Waals surface area contributed by atoms with Crippen molar-refractivity contribution < 1.29 is 4.79 Å². The van der Waals surface area contributed by atoms with Crippen LogP contribution in [-0.2, 0) is 4.79 Å². The third-order valence-corrected chi connectivity index (χ3v) is 4.09. The lowest BCUT2D eigenvalue weighted by Crippen LogP contribution is -2.50. The molecule has 2 aliphatic heterocycles. The Labute approximate surface area is 115 Å². The van der Waals surface area contributed by atoms with E-state index in [1.165, 1.54) is 0 Å². The lowest BCUT2D eigenvalue weighted by molar-refractivity contribution is -0.117. The third-order valence-electron chi connectivity index (χ3n) is 3.59. The number of amides is 1. The van der Waals surface area contributed by atoms with Crippen LogP contribution in [0.3, 0.4) is 0 Å². The van der Waals surface area contributed by atoms with Crippen LogP contribution in [0.4, 0.5) is 11.4 Å². The molecule has 1 amide bonds. The normalized spacial score (nSPS) is 20.5. The molecule has 1 aromatic rings. The Hall–Kier alpha value is -1.07. The molecule has 0 bridgehead atoms. The summed E-state index contributed by atoms with van der Waals surface area (Å²) in [6, 6.07) is 6.39. The molecule has 2 N–H and O–H groups in total. The van der Waals surface area contributed by atoms with Gasteiger partial charge in [-0.3, -0.25) is 4.79 Å². The maximum absolute atomic E-state index is 12.2. The van der Waals surface area contributed by atoms with Gasteiger partial charge in [0, 0.05) is 10.5 Å². The molecular formula is C13H16BrN3O. The van der Waals surface area contributed by atoms with E-state index in [1.807, 2.05) is 23.1 Å². The summed E-state index contributed by atoms with van der Waals surface area (Å²) in [5.74, 6) is 0.174. The van der Waals surface area contributed by atoms with Crippen molar-refractivity contribution in [1.82, 2.24) is 5.32 Å².